The normalized spacial score (nSPS) is 23.2. The summed E-state index contributed by atoms with van der Waals surface area (Å²) < 4.78 is 0. The van der Waals surface area contributed by atoms with Gasteiger partial charge in [0.25, 0.3) is 5.91 Å². The molecule has 0 aromatic carbocycles. The van der Waals surface area contributed by atoms with Crippen molar-refractivity contribution in [3.8, 4) is 0 Å². The Kier molecular flexibility index (Phi) is 4.61. The topological polar surface area (TPSA) is 43.9 Å². The zero-order valence-corrected chi connectivity index (χ0v) is 14.1. The molecule has 2 heterocycles. The molecule has 0 aromatic rings. The van der Waals surface area contributed by atoms with E-state index in [-0.39, 0.29) is 11.9 Å². The van der Waals surface area contributed by atoms with Gasteiger partial charge in [0.05, 0.1) is 0 Å². The molecule has 5 heteroatoms. The van der Waals surface area contributed by atoms with Crippen LogP contribution in [0.3, 0.4) is 0 Å². The van der Waals surface area contributed by atoms with Gasteiger partial charge in [0.15, 0.2) is 0 Å². The number of piperidine rings is 1. The third-order valence-electron chi connectivity index (χ3n) is 4.66. The Morgan fingerprint density at radius 3 is 2.00 bits per heavy atom. The maximum absolute atomic E-state index is 12.8. The molecule has 120 valence electrons. The van der Waals surface area contributed by atoms with Crippen molar-refractivity contribution in [1.82, 2.24) is 14.7 Å². The Morgan fingerprint density at radius 2 is 1.52 bits per heavy atom. The summed E-state index contributed by atoms with van der Waals surface area (Å²) in [4.78, 5) is 30.8. The van der Waals surface area contributed by atoms with E-state index in [1.165, 1.54) is 4.90 Å². The van der Waals surface area contributed by atoms with Crippen molar-refractivity contribution in [2.75, 3.05) is 33.2 Å². The van der Waals surface area contributed by atoms with Gasteiger partial charge in [-0.05, 0) is 24.7 Å². The molecule has 0 unspecified atom stereocenters. The van der Waals surface area contributed by atoms with Crippen LogP contribution in [0.25, 0.3) is 0 Å². The lowest BCUT2D eigenvalue weighted by atomic mass is 9.86. The molecule has 0 radical (unpaired) electrons. The van der Waals surface area contributed by atoms with Gasteiger partial charge in [-0.3, -0.25) is 9.69 Å². The fraction of sp³-hybridized carbons (Fsp3) is 0.875. The maximum Gasteiger partial charge on any atom is 0.327 e. The number of nitrogens with zero attached hydrogens (tertiary/aromatic N) is 3. The van der Waals surface area contributed by atoms with E-state index in [1.807, 2.05) is 13.8 Å². The smallest absolute Gasteiger partial charge is 0.312 e. The molecule has 2 rings (SSSR count). The van der Waals surface area contributed by atoms with E-state index in [0.29, 0.717) is 18.4 Å². The summed E-state index contributed by atoms with van der Waals surface area (Å²) in [6.45, 7) is 11.9. The first-order valence-electron chi connectivity index (χ1n) is 8.10. The predicted octanol–water partition coefficient (Wildman–Crippen LogP) is 2.03. The van der Waals surface area contributed by atoms with E-state index in [0.717, 1.165) is 32.5 Å². The minimum Gasteiger partial charge on any atom is -0.312 e. The van der Waals surface area contributed by atoms with Crippen molar-refractivity contribution >= 4 is 11.9 Å². The van der Waals surface area contributed by atoms with Gasteiger partial charge < -0.3 is 9.80 Å². The van der Waals surface area contributed by atoms with Crippen molar-refractivity contribution in [2.24, 2.45) is 11.8 Å². The number of rotatable bonds is 4. The van der Waals surface area contributed by atoms with Crippen LogP contribution in [0.1, 0.15) is 40.5 Å². The average Bonchev–Trinajstić information content (AvgIpc) is 2.57. The molecule has 3 amide bonds. The van der Waals surface area contributed by atoms with Crippen molar-refractivity contribution in [2.45, 2.75) is 46.1 Å². The number of hydrogen-bond donors (Lipinski definition) is 0. The number of likely N-dealkylation sites (N-methyl/N-ethyl adjacent to an activating group) is 1. The van der Waals surface area contributed by atoms with Crippen LogP contribution in [0.15, 0.2) is 0 Å². The molecular weight excluding hydrogens is 266 g/mol. The van der Waals surface area contributed by atoms with Crippen LogP contribution in [-0.2, 0) is 4.79 Å². The first-order chi connectivity index (χ1) is 9.78. The summed E-state index contributed by atoms with van der Waals surface area (Å²) in [6, 6.07) is -0.119. The predicted molar refractivity (Wildman–Crippen MR) is 83.0 cm³/mol. The number of amides is 3. The molecule has 0 aliphatic carbocycles. The van der Waals surface area contributed by atoms with Crippen LogP contribution in [0.2, 0.25) is 0 Å². The molecule has 0 aromatic heterocycles. The minimum atomic E-state index is -0.584. The fourth-order valence-electron chi connectivity index (χ4n) is 3.54. The van der Waals surface area contributed by atoms with Crippen LogP contribution in [-0.4, -0.2) is 65.4 Å². The lowest BCUT2D eigenvalue weighted by Crippen LogP contribution is -2.55. The molecule has 21 heavy (non-hydrogen) atoms. The second-order valence-corrected chi connectivity index (χ2v) is 7.38. The van der Waals surface area contributed by atoms with Crippen LogP contribution in [0.5, 0.6) is 0 Å². The summed E-state index contributed by atoms with van der Waals surface area (Å²) in [5.41, 5.74) is -0.584. The Hall–Kier alpha value is -1.10. The summed E-state index contributed by atoms with van der Waals surface area (Å²) in [5.74, 6) is 0.963. The van der Waals surface area contributed by atoms with Crippen LogP contribution in [0, 0.1) is 11.8 Å². The van der Waals surface area contributed by atoms with Gasteiger partial charge in [0.2, 0.25) is 0 Å². The molecule has 5 nitrogen and oxygen atoms in total. The van der Waals surface area contributed by atoms with Crippen molar-refractivity contribution in [1.29, 1.82) is 0 Å². The zero-order valence-electron chi connectivity index (χ0n) is 14.1. The largest absolute Gasteiger partial charge is 0.327 e. The minimum absolute atomic E-state index is 0.0212. The second kappa shape index (κ2) is 5.95. The summed E-state index contributed by atoms with van der Waals surface area (Å²) in [5, 5.41) is 0. The third-order valence-corrected chi connectivity index (χ3v) is 4.66. The molecule has 2 aliphatic rings. The Morgan fingerprint density at radius 1 is 1.00 bits per heavy atom. The molecule has 0 N–H and O–H groups in total. The van der Waals surface area contributed by atoms with E-state index in [9.17, 15) is 9.59 Å². The number of imide groups is 1. The Balaban J connectivity index is 2.09. The quantitative estimate of drug-likeness (QED) is 0.745. The standard InChI is InChI=1S/C16H29N3O2/c1-12(2)10-18-8-6-16(7-9-18)14(20)19(11-13(3)4)15(21)17(16)5/h12-13H,6-11H2,1-5H3. The monoisotopic (exact) mass is 295 g/mol. The number of hydrogen-bond acceptors (Lipinski definition) is 3. The van der Waals surface area contributed by atoms with Gasteiger partial charge in [-0.15, -0.1) is 0 Å². The molecule has 0 bridgehead atoms. The highest BCUT2D eigenvalue weighted by Crippen LogP contribution is 2.36. The van der Waals surface area contributed by atoms with E-state index in [1.54, 1.807) is 11.9 Å². The van der Waals surface area contributed by atoms with E-state index in [2.05, 4.69) is 18.7 Å². The van der Waals surface area contributed by atoms with Gasteiger partial charge in [0.1, 0.15) is 5.54 Å². The summed E-state index contributed by atoms with van der Waals surface area (Å²) in [7, 11) is 1.79. The van der Waals surface area contributed by atoms with Crippen LogP contribution in [0.4, 0.5) is 4.79 Å². The first kappa shape index (κ1) is 16.3. The fourth-order valence-corrected chi connectivity index (χ4v) is 3.54. The van der Waals surface area contributed by atoms with E-state index in [4.69, 9.17) is 0 Å². The highest BCUT2D eigenvalue weighted by atomic mass is 16.2. The first-order valence-corrected chi connectivity index (χ1v) is 8.10. The van der Waals surface area contributed by atoms with Crippen molar-refractivity contribution in [3.05, 3.63) is 0 Å². The summed E-state index contributed by atoms with van der Waals surface area (Å²) >= 11 is 0. The molecular formula is C16H29N3O2. The van der Waals surface area contributed by atoms with Crippen LogP contribution >= 0.6 is 0 Å². The van der Waals surface area contributed by atoms with Crippen molar-refractivity contribution < 1.29 is 9.59 Å². The van der Waals surface area contributed by atoms with E-state index >= 15 is 0 Å². The third kappa shape index (κ3) is 2.93. The lowest BCUT2D eigenvalue weighted by molar-refractivity contribution is -0.135. The highest BCUT2D eigenvalue weighted by Gasteiger charge is 2.56. The average molecular weight is 295 g/mol. The Bertz CT molecular complexity index is 412. The van der Waals surface area contributed by atoms with Gasteiger partial charge in [0, 0.05) is 33.2 Å². The van der Waals surface area contributed by atoms with Gasteiger partial charge in [-0.1, -0.05) is 27.7 Å². The molecule has 2 fully saturated rings. The maximum atomic E-state index is 12.8. The molecule has 2 aliphatic heterocycles. The van der Waals surface area contributed by atoms with Crippen LogP contribution < -0.4 is 0 Å². The highest BCUT2D eigenvalue weighted by molar-refractivity contribution is 6.07. The number of carbonyl (C=O) groups is 2. The molecule has 0 atom stereocenters. The van der Waals surface area contributed by atoms with Gasteiger partial charge >= 0.3 is 6.03 Å². The number of urea groups is 1. The van der Waals surface area contributed by atoms with E-state index < -0.39 is 5.54 Å². The molecule has 2 saturated heterocycles. The van der Waals surface area contributed by atoms with Gasteiger partial charge in [-0.2, -0.15) is 0 Å². The SMILES string of the molecule is CC(C)CN1CCC2(CC1)C(=O)N(CC(C)C)C(=O)N2C. The number of likely N-dealkylation sites (tertiary alicyclic amines) is 1. The van der Waals surface area contributed by atoms with Crippen molar-refractivity contribution in [3.63, 3.8) is 0 Å². The van der Waals surface area contributed by atoms with Gasteiger partial charge in [-0.25, -0.2) is 4.79 Å². The number of carbonyl (C=O) groups excluding carboxylic acids is 2. The second-order valence-electron chi connectivity index (χ2n) is 7.38. The Labute approximate surface area is 128 Å². The zero-order chi connectivity index (χ0) is 15.8. The summed E-state index contributed by atoms with van der Waals surface area (Å²) in [6.07, 6.45) is 1.52. The lowest BCUT2D eigenvalue weighted by Gasteiger charge is -2.41. The molecule has 0 saturated carbocycles. The molecule has 1 spiro atoms.